The second kappa shape index (κ2) is 8.06. The Balaban J connectivity index is 1.15. The summed E-state index contributed by atoms with van der Waals surface area (Å²) in [6.45, 7) is 5.55. The zero-order valence-electron chi connectivity index (χ0n) is 16.7. The minimum absolute atomic E-state index is 0.137. The molecule has 0 bridgehead atoms. The van der Waals surface area contributed by atoms with Gasteiger partial charge in [-0.1, -0.05) is 6.42 Å². The first-order valence-corrected chi connectivity index (χ1v) is 10.7. The molecule has 5 rings (SSSR count). The minimum Gasteiger partial charge on any atom is -0.356 e. The molecule has 1 saturated carbocycles. The van der Waals surface area contributed by atoms with E-state index in [1.165, 1.54) is 25.6 Å². The van der Waals surface area contributed by atoms with E-state index in [9.17, 15) is 4.79 Å². The maximum absolute atomic E-state index is 13.0. The van der Waals surface area contributed by atoms with Gasteiger partial charge in [-0.2, -0.15) is 5.10 Å². The van der Waals surface area contributed by atoms with Gasteiger partial charge >= 0.3 is 0 Å². The highest BCUT2D eigenvalue weighted by Gasteiger charge is 2.33. The lowest BCUT2D eigenvalue weighted by Crippen LogP contribution is -2.55. The number of piperidine rings is 1. The zero-order chi connectivity index (χ0) is 19.6. The molecule has 0 radical (unpaired) electrons. The fraction of sp³-hybridized carbons (Fsp3) is 0.650. The Morgan fingerprint density at radius 1 is 0.897 bits per heavy atom. The minimum atomic E-state index is 0.137. The van der Waals surface area contributed by atoms with Crippen molar-refractivity contribution in [2.24, 2.45) is 5.92 Å². The molecule has 9 nitrogen and oxygen atoms in total. The van der Waals surface area contributed by atoms with Crippen molar-refractivity contribution in [3.8, 4) is 5.82 Å². The number of aromatic nitrogens is 5. The van der Waals surface area contributed by atoms with Crippen molar-refractivity contribution in [1.82, 2.24) is 34.5 Å². The normalized spacial score (nSPS) is 21.9. The third kappa shape index (κ3) is 3.83. The molecule has 2 saturated heterocycles. The van der Waals surface area contributed by atoms with Crippen LogP contribution in [0.1, 0.15) is 32.1 Å². The first kappa shape index (κ1) is 18.5. The van der Waals surface area contributed by atoms with Crippen molar-refractivity contribution in [3.05, 3.63) is 25.0 Å². The SMILES string of the molecule is O=C(C1CCN(c2cc(-n3cncn3)ncn2)CC1)N1CCN(C2CCC2)CC1. The smallest absolute Gasteiger partial charge is 0.225 e. The lowest BCUT2D eigenvalue weighted by Gasteiger charge is -2.44. The maximum atomic E-state index is 13.0. The van der Waals surface area contributed by atoms with Gasteiger partial charge in [0.2, 0.25) is 5.91 Å². The van der Waals surface area contributed by atoms with Crippen LogP contribution in [0.3, 0.4) is 0 Å². The van der Waals surface area contributed by atoms with E-state index in [2.05, 4.69) is 34.8 Å². The molecular formula is C20H28N8O. The molecule has 0 N–H and O–H groups in total. The number of nitrogens with zero attached hydrogens (tertiary/aromatic N) is 8. The summed E-state index contributed by atoms with van der Waals surface area (Å²) >= 11 is 0. The predicted octanol–water partition coefficient (Wildman–Crippen LogP) is 0.970. The van der Waals surface area contributed by atoms with E-state index in [0.29, 0.717) is 11.7 Å². The van der Waals surface area contributed by atoms with E-state index in [0.717, 1.165) is 64.0 Å². The summed E-state index contributed by atoms with van der Waals surface area (Å²) in [7, 11) is 0. The van der Waals surface area contributed by atoms with E-state index < -0.39 is 0 Å². The fourth-order valence-electron chi connectivity index (χ4n) is 4.63. The number of hydrogen-bond acceptors (Lipinski definition) is 7. The Bertz CT molecular complexity index is 821. The number of rotatable bonds is 4. The van der Waals surface area contributed by atoms with E-state index >= 15 is 0 Å². The molecular weight excluding hydrogens is 368 g/mol. The summed E-state index contributed by atoms with van der Waals surface area (Å²) in [5, 5.41) is 4.13. The Kier molecular flexibility index (Phi) is 5.13. The van der Waals surface area contributed by atoms with E-state index in [4.69, 9.17) is 0 Å². The van der Waals surface area contributed by atoms with Crippen molar-refractivity contribution in [2.75, 3.05) is 44.2 Å². The van der Waals surface area contributed by atoms with Crippen LogP contribution in [0.4, 0.5) is 5.82 Å². The highest BCUT2D eigenvalue weighted by Crippen LogP contribution is 2.27. The van der Waals surface area contributed by atoms with E-state index in [-0.39, 0.29) is 5.92 Å². The van der Waals surface area contributed by atoms with E-state index in [1.807, 2.05) is 6.07 Å². The second-order valence-corrected chi connectivity index (χ2v) is 8.28. The number of anilines is 1. The average molecular weight is 396 g/mol. The molecule has 2 aliphatic heterocycles. The van der Waals surface area contributed by atoms with Gasteiger partial charge in [-0.15, -0.1) is 0 Å². The lowest BCUT2D eigenvalue weighted by molar-refractivity contribution is -0.138. The van der Waals surface area contributed by atoms with Crippen LogP contribution >= 0.6 is 0 Å². The first-order valence-electron chi connectivity index (χ1n) is 10.7. The second-order valence-electron chi connectivity index (χ2n) is 8.28. The van der Waals surface area contributed by atoms with Gasteiger partial charge in [-0.05, 0) is 25.7 Å². The molecule has 0 atom stereocenters. The number of carbonyl (C=O) groups is 1. The molecule has 29 heavy (non-hydrogen) atoms. The van der Waals surface area contributed by atoms with Gasteiger partial charge in [-0.3, -0.25) is 9.69 Å². The molecule has 2 aromatic rings. The number of piperazine rings is 1. The van der Waals surface area contributed by atoms with Gasteiger partial charge in [0.1, 0.15) is 24.8 Å². The van der Waals surface area contributed by atoms with E-state index in [1.54, 1.807) is 17.3 Å². The molecule has 3 fully saturated rings. The first-order chi connectivity index (χ1) is 14.3. The largest absolute Gasteiger partial charge is 0.356 e. The van der Waals surface area contributed by atoms with Gasteiger partial charge in [0.05, 0.1) is 0 Å². The number of hydrogen-bond donors (Lipinski definition) is 0. The van der Waals surface area contributed by atoms with Crippen molar-refractivity contribution >= 4 is 11.7 Å². The summed E-state index contributed by atoms with van der Waals surface area (Å²) in [6.07, 6.45) is 10.5. The molecule has 154 valence electrons. The van der Waals surface area contributed by atoms with Crippen LogP contribution in [0.15, 0.2) is 25.0 Å². The van der Waals surface area contributed by atoms with Crippen molar-refractivity contribution < 1.29 is 4.79 Å². The highest BCUT2D eigenvalue weighted by molar-refractivity contribution is 5.79. The van der Waals surface area contributed by atoms with Gasteiger partial charge in [0.15, 0.2) is 5.82 Å². The quantitative estimate of drug-likeness (QED) is 0.761. The Morgan fingerprint density at radius 2 is 1.66 bits per heavy atom. The predicted molar refractivity (Wildman–Crippen MR) is 108 cm³/mol. The Labute approximate surface area is 170 Å². The summed E-state index contributed by atoms with van der Waals surface area (Å²) in [5.41, 5.74) is 0. The number of amides is 1. The van der Waals surface area contributed by atoms with Gasteiger partial charge in [-0.25, -0.2) is 19.6 Å². The molecule has 0 spiro atoms. The standard InChI is InChI=1S/C20H28N8O/c29-20(27-10-8-25(9-11-27)17-2-1-3-17)16-4-6-26(7-5-16)18-12-19(23-14-22-18)28-15-21-13-24-28/h12-17H,1-11H2. The van der Waals surface area contributed by atoms with Crippen LogP contribution in [0.5, 0.6) is 0 Å². The monoisotopic (exact) mass is 396 g/mol. The molecule has 0 aromatic carbocycles. The molecule has 9 heteroatoms. The third-order valence-corrected chi connectivity index (χ3v) is 6.68. The number of carbonyl (C=O) groups excluding carboxylic acids is 1. The average Bonchev–Trinajstić information content (AvgIpc) is 3.28. The molecule has 3 aliphatic rings. The van der Waals surface area contributed by atoms with Crippen molar-refractivity contribution in [3.63, 3.8) is 0 Å². The molecule has 4 heterocycles. The van der Waals surface area contributed by atoms with Crippen LogP contribution < -0.4 is 4.90 Å². The highest BCUT2D eigenvalue weighted by atomic mass is 16.2. The maximum Gasteiger partial charge on any atom is 0.225 e. The van der Waals surface area contributed by atoms with Crippen molar-refractivity contribution in [1.29, 1.82) is 0 Å². The molecule has 1 aliphatic carbocycles. The van der Waals surface area contributed by atoms with Crippen LogP contribution in [0, 0.1) is 5.92 Å². The summed E-state index contributed by atoms with van der Waals surface area (Å²) in [4.78, 5) is 32.6. The summed E-state index contributed by atoms with van der Waals surface area (Å²) in [5.74, 6) is 2.07. The zero-order valence-corrected chi connectivity index (χ0v) is 16.7. The molecule has 2 aromatic heterocycles. The Morgan fingerprint density at radius 3 is 2.31 bits per heavy atom. The molecule has 1 amide bonds. The van der Waals surface area contributed by atoms with Gasteiger partial charge < -0.3 is 9.80 Å². The Hall–Kier alpha value is -2.55. The topological polar surface area (TPSA) is 83.3 Å². The lowest BCUT2D eigenvalue weighted by atomic mass is 9.90. The van der Waals surface area contributed by atoms with Gasteiger partial charge in [0.25, 0.3) is 0 Å². The van der Waals surface area contributed by atoms with Crippen LogP contribution in [-0.4, -0.2) is 85.7 Å². The fourth-order valence-corrected chi connectivity index (χ4v) is 4.63. The molecule has 0 unspecified atom stereocenters. The summed E-state index contributed by atoms with van der Waals surface area (Å²) in [6, 6.07) is 2.71. The van der Waals surface area contributed by atoms with Gasteiger partial charge in [0, 0.05) is 57.3 Å². The van der Waals surface area contributed by atoms with Crippen LogP contribution in [-0.2, 0) is 4.79 Å². The van der Waals surface area contributed by atoms with Crippen molar-refractivity contribution in [2.45, 2.75) is 38.1 Å². The summed E-state index contributed by atoms with van der Waals surface area (Å²) < 4.78 is 1.63. The van der Waals surface area contributed by atoms with Crippen LogP contribution in [0.25, 0.3) is 5.82 Å². The van der Waals surface area contributed by atoms with Crippen LogP contribution in [0.2, 0.25) is 0 Å². The third-order valence-electron chi connectivity index (χ3n) is 6.68.